The molecule has 144 valence electrons. The molecule has 0 aromatic carbocycles. The lowest BCUT2D eigenvalue weighted by atomic mass is 10.0. The average molecular weight is 377 g/mol. The van der Waals surface area contributed by atoms with E-state index in [1.807, 2.05) is 55.2 Å². The van der Waals surface area contributed by atoms with Crippen molar-refractivity contribution in [2.75, 3.05) is 25.5 Å². The second kappa shape index (κ2) is 7.38. The highest BCUT2D eigenvalue weighted by Gasteiger charge is 2.29. The quantitative estimate of drug-likeness (QED) is 0.691. The molecular weight excluding hydrogens is 354 g/mol. The predicted octanol–water partition coefficient (Wildman–Crippen LogP) is 1.95. The van der Waals surface area contributed by atoms with E-state index in [1.54, 1.807) is 23.3 Å². The van der Waals surface area contributed by atoms with Gasteiger partial charge in [0.1, 0.15) is 11.9 Å². The minimum Gasteiger partial charge on any atom is -0.362 e. The highest BCUT2D eigenvalue weighted by Crippen LogP contribution is 2.29. The second-order valence-corrected chi connectivity index (χ2v) is 7.10. The number of hydrogen-bond acceptors (Lipinski definition) is 6. The molecule has 28 heavy (non-hydrogen) atoms. The van der Waals surface area contributed by atoms with Crippen LogP contribution < -0.4 is 4.90 Å². The van der Waals surface area contributed by atoms with Gasteiger partial charge in [-0.1, -0.05) is 0 Å². The summed E-state index contributed by atoms with van der Waals surface area (Å²) in [5, 5.41) is 4.20. The van der Waals surface area contributed by atoms with Crippen LogP contribution in [0.15, 0.2) is 43.0 Å². The summed E-state index contributed by atoms with van der Waals surface area (Å²) in [7, 11) is 3.96. The molecule has 4 rings (SSSR count). The Kier molecular flexibility index (Phi) is 4.77. The second-order valence-electron chi connectivity index (χ2n) is 7.10. The molecule has 4 heterocycles. The Morgan fingerprint density at radius 1 is 1.18 bits per heavy atom. The molecule has 3 aromatic rings. The molecular formula is C20H23N7O. The minimum atomic E-state index is -0.341. The van der Waals surface area contributed by atoms with Crippen LogP contribution in [0.4, 0.5) is 5.82 Å². The summed E-state index contributed by atoms with van der Waals surface area (Å²) in [6, 6.07) is 5.28. The Balaban J connectivity index is 1.67. The van der Waals surface area contributed by atoms with Gasteiger partial charge in [0.15, 0.2) is 5.82 Å². The maximum Gasteiger partial charge on any atom is 0.247 e. The molecule has 1 aliphatic rings. The molecule has 0 spiro atoms. The zero-order valence-electron chi connectivity index (χ0n) is 16.3. The molecule has 3 aromatic heterocycles. The van der Waals surface area contributed by atoms with Crippen LogP contribution in [-0.4, -0.2) is 56.2 Å². The fourth-order valence-electron chi connectivity index (χ4n) is 3.49. The lowest BCUT2D eigenvalue weighted by Crippen LogP contribution is -2.41. The number of carbonyl (C=O) groups excluding carboxylic acids is 1. The zero-order valence-corrected chi connectivity index (χ0v) is 16.3. The lowest BCUT2D eigenvalue weighted by molar-refractivity contribution is -0.135. The normalized spacial score (nSPS) is 14.5. The van der Waals surface area contributed by atoms with Crippen molar-refractivity contribution in [1.29, 1.82) is 0 Å². The Labute approximate surface area is 163 Å². The topological polar surface area (TPSA) is 80.0 Å². The van der Waals surface area contributed by atoms with Gasteiger partial charge in [-0.15, -0.1) is 0 Å². The number of fused-ring (bicyclic) bond motifs is 1. The maximum absolute atomic E-state index is 13.0. The Morgan fingerprint density at radius 2 is 1.96 bits per heavy atom. The van der Waals surface area contributed by atoms with Crippen molar-refractivity contribution in [2.45, 2.75) is 25.9 Å². The van der Waals surface area contributed by atoms with E-state index in [4.69, 9.17) is 9.97 Å². The third-order valence-corrected chi connectivity index (χ3v) is 5.00. The fourth-order valence-corrected chi connectivity index (χ4v) is 3.49. The maximum atomic E-state index is 13.0. The summed E-state index contributed by atoms with van der Waals surface area (Å²) in [5.41, 5.74) is 2.92. The molecule has 0 aliphatic carbocycles. The number of pyridine rings is 1. The van der Waals surface area contributed by atoms with Crippen molar-refractivity contribution >= 4 is 11.7 Å². The first kappa shape index (κ1) is 18.1. The first-order valence-electron chi connectivity index (χ1n) is 9.30. The Morgan fingerprint density at radius 3 is 2.64 bits per heavy atom. The van der Waals surface area contributed by atoms with E-state index in [-0.39, 0.29) is 11.9 Å². The van der Waals surface area contributed by atoms with Crippen molar-refractivity contribution < 1.29 is 4.79 Å². The number of aromatic nitrogens is 5. The lowest BCUT2D eigenvalue weighted by Gasteiger charge is -2.32. The number of hydrogen-bond donors (Lipinski definition) is 0. The molecule has 0 saturated carbocycles. The van der Waals surface area contributed by atoms with Crippen LogP contribution in [-0.2, 0) is 17.8 Å². The van der Waals surface area contributed by atoms with Crippen molar-refractivity contribution in [3.8, 4) is 11.4 Å². The van der Waals surface area contributed by atoms with Crippen molar-refractivity contribution in [3.05, 3.63) is 54.2 Å². The molecule has 1 amide bonds. The largest absolute Gasteiger partial charge is 0.362 e. The molecule has 0 saturated heterocycles. The summed E-state index contributed by atoms with van der Waals surface area (Å²) in [6.07, 6.45) is 7.70. The average Bonchev–Trinajstić information content (AvgIpc) is 3.26. The Hall–Kier alpha value is -3.29. The van der Waals surface area contributed by atoms with Gasteiger partial charge in [-0.3, -0.25) is 14.5 Å². The van der Waals surface area contributed by atoms with Gasteiger partial charge in [-0.25, -0.2) is 9.97 Å². The molecule has 1 aliphatic heterocycles. The van der Waals surface area contributed by atoms with Crippen LogP contribution in [0.25, 0.3) is 11.4 Å². The van der Waals surface area contributed by atoms with E-state index in [0.717, 1.165) is 29.1 Å². The number of amides is 1. The first-order valence-corrected chi connectivity index (χ1v) is 9.30. The van der Waals surface area contributed by atoms with Crippen LogP contribution in [0.3, 0.4) is 0 Å². The van der Waals surface area contributed by atoms with E-state index >= 15 is 0 Å². The van der Waals surface area contributed by atoms with Crippen LogP contribution in [0.1, 0.15) is 24.2 Å². The monoisotopic (exact) mass is 377 g/mol. The molecule has 0 bridgehead atoms. The van der Waals surface area contributed by atoms with Crippen LogP contribution in [0.2, 0.25) is 0 Å². The van der Waals surface area contributed by atoms with Crippen LogP contribution in [0.5, 0.6) is 0 Å². The highest BCUT2D eigenvalue weighted by atomic mass is 16.2. The van der Waals surface area contributed by atoms with E-state index in [1.165, 1.54) is 0 Å². The highest BCUT2D eigenvalue weighted by molar-refractivity contribution is 5.80. The number of rotatable bonds is 4. The molecule has 0 fully saturated rings. The third kappa shape index (κ3) is 3.33. The molecule has 1 atom stereocenters. The standard InChI is InChI=1S/C20H23N7O/c1-14(27-11-4-8-22-27)20(28)26-12-7-16-17(13-26)23-18(24-19(16)25(2)3)15-5-9-21-10-6-15/h4-6,8-11,14H,7,12-13H2,1-3H3/t14-/m0/s1. The van der Waals surface area contributed by atoms with Crippen LogP contribution >= 0.6 is 0 Å². The van der Waals surface area contributed by atoms with Gasteiger partial charge in [0, 0.05) is 56.6 Å². The minimum absolute atomic E-state index is 0.0461. The fraction of sp³-hybridized carbons (Fsp3) is 0.350. The number of carbonyl (C=O) groups is 1. The predicted molar refractivity (Wildman–Crippen MR) is 106 cm³/mol. The van der Waals surface area contributed by atoms with Gasteiger partial charge in [-0.2, -0.15) is 5.10 Å². The Bertz CT molecular complexity index is 970. The number of nitrogens with zero attached hydrogens (tertiary/aromatic N) is 7. The van der Waals surface area contributed by atoms with Gasteiger partial charge < -0.3 is 9.80 Å². The summed E-state index contributed by atoms with van der Waals surface area (Å²) >= 11 is 0. The van der Waals surface area contributed by atoms with Gasteiger partial charge >= 0.3 is 0 Å². The molecule has 8 nitrogen and oxygen atoms in total. The van der Waals surface area contributed by atoms with Crippen molar-refractivity contribution in [3.63, 3.8) is 0 Å². The summed E-state index contributed by atoms with van der Waals surface area (Å²) < 4.78 is 1.69. The van der Waals surface area contributed by atoms with Crippen molar-refractivity contribution in [2.24, 2.45) is 0 Å². The molecule has 0 radical (unpaired) electrons. The molecule has 0 unspecified atom stereocenters. The van der Waals surface area contributed by atoms with Gasteiger partial charge in [-0.05, 0) is 31.5 Å². The third-order valence-electron chi connectivity index (χ3n) is 5.00. The molecule has 0 N–H and O–H groups in total. The SMILES string of the molecule is C[C@@H](C(=O)N1CCc2c(nc(-c3ccncc3)nc2N(C)C)C1)n1cccn1. The summed E-state index contributed by atoms with van der Waals surface area (Å²) in [4.78, 5) is 30.5. The zero-order chi connectivity index (χ0) is 19.7. The smallest absolute Gasteiger partial charge is 0.247 e. The van der Waals surface area contributed by atoms with E-state index in [9.17, 15) is 4.79 Å². The van der Waals surface area contributed by atoms with E-state index in [2.05, 4.69) is 10.1 Å². The van der Waals surface area contributed by atoms with E-state index < -0.39 is 0 Å². The van der Waals surface area contributed by atoms with Gasteiger partial charge in [0.05, 0.1) is 12.2 Å². The van der Waals surface area contributed by atoms with Crippen LogP contribution in [0, 0.1) is 0 Å². The number of anilines is 1. The van der Waals surface area contributed by atoms with Crippen molar-refractivity contribution in [1.82, 2.24) is 29.6 Å². The summed E-state index contributed by atoms with van der Waals surface area (Å²) in [5.74, 6) is 1.60. The van der Waals surface area contributed by atoms with Gasteiger partial charge in [0.25, 0.3) is 0 Å². The molecule has 8 heteroatoms. The first-order chi connectivity index (χ1) is 13.5. The van der Waals surface area contributed by atoms with E-state index in [0.29, 0.717) is 18.9 Å². The summed E-state index contributed by atoms with van der Waals surface area (Å²) in [6.45, 7) is 3.00. The van der Waals surface area contributed by atoms with Gasteiger partial charge in [0.2, 0.25) is 5.91 Å².